The van der Waals surface area contributed by atoms with Crippen LogP contribution in [0.4, 0.5) is 0 Å². The summed E-state index contributed by atoms with van der Waals surface area (Å²) in [6.07, 6.45) is 3.35. The van der Waals surface area contributed by atoms with Crippen molar-refractivity contribution in [2.24, 2.45) is 0 Å². The molecule has 20 heavy (non-hydrogen) atoms. The second kappa shape index (κ2) is 6.55. The van der Waals surface area contributed by atoms with Crippen LogP contribution in [-0.4, -0.2) is 37.4 Å². The summed E-state index contributed by atoms with van der Waals surface area (Å²) in [6, 6.07) is 8.16. The van der Waals surface area contributed by atoms with Crippen LogP contribution in [0.3, 0.4) is 0 Å². The van der Waals surface area contributed by atoms with Crippen LogP contribution in [0.2, 0.25) is 0 Å². The number of hydrogen-bond donors (Lipinski definition) is 1. The molecule has 0 unspecified atom stereocenters. The maximum Gasteiger partial charge on any atom is 0.227 e. The molecule has 0 bridgehead atoms. The fourth-order valence-electron chi connectivity index (χ4n) is 2.67. The Labute approximate surface area is 120 Å². The Kier molecular flexibility index (Phi) is 4.77. The van der Waals surface area contributed by atoms with Crippen LogP contribution in [0.1, 0.15) is 36.3 Å². The zero-order valence-electron chi connectivity index (χ0n) is 12.2. The third kappa shape index (κ3) is 3.38. The normalized spacial score (nSPS) is 17.2. The van der Waals surface area contributed by atoms with E-state index < -0.39 is 0 Å². The van der Waals surface area contributed by atoms with Gasteiger partial charge in [0.2, 0.25) is 11.8 Å². The van der Waals surface area contributed by atoms with Gasteiger partial charge in [0.1, 0.15) is 0 Å². The molecule has 0 saturated heterocycles. The van der Waals surface area contributed by atoms with Crippen molar-refractivity contribution in [3.63, 3.8) is 0 Å². The van der Waals surface area contributed by atoms with Crippen molar-refractivity contribution in [2.75, 3.05) is 20.6 Å². The Morgan fingerprint density at radius 1 is 1.30 bits per heavy atom. The van der Waals surface area contributed by atoms with E-state index in [4.69, 9.17) is 0 Å². The van der Waals surface area contributed by atoms with E-state index >= 15 is 0 Å². The van der Waals surface area contributed by atoms with Crippen LogP contribution in [0, 0.1) is 0 Å². The lowest BCUT2D eigenvalue weighted by Gasteiger charge is -2.24. The zero-order chi connectivity index (χ0) is 14.5. The van der Waals surface area contributed by atoms with Gasteiger partial charge in [-0.15, -0.1) is 0 Å². The maximum absolute atomic E-state index is 12.3. The van der Waals surface area contributed by atoms with E-state index in [2.05, 4.69) is 11.4 Å². The lowest BCUT2D eigenvalue weighted by atomic mass is 9.82. The minimum Gasteiger partial charge on any atom is -0.355 e. The minimum absolute atomic E-state index is 0.0364. The number of carbonyl (C=O) groups is 2. The van der Waals surface area contributed by atoms with Crippen LogP contribution in [0.5, 0.6) is 0 Å². The number of carbonyl (C=O) groups excluding carboxylic acids is 2. The Hall–Kier alpha value is -1.84. The predicted molar refractivity (Wildman–Crippen MR) is 78.4 cm³/mol. The lowest BCUT2D eigenvalue weighted by molar-refractivity contribution is -0.128. The Morgan fingerprint density at radius 3 is 2.80 bits per heavy atom. The average molecular weight is 274 g/mol. The third-order valence-electron chi connectivity index (χ3n) is 3.82. The number of nitrogens with zero attached hydrogens (tertiary/aromatic N) is 1. The maximum atomic E-state index is 12.3. The Bertz CT molecular complexity index is 497. The fourth-order valence-corrected chi connectivity index (χ4v) is 2.67. The van der Waals surface area contributed by atoms with E-state index in [0.29, 0.717) is 13.0 Å². The molecule has 1 aromatic rings. The first-order valence-electron chi connectivity index (χ1n) is 7.15. The summed E-state index contributed by atoms with van der Waals surface area (Å²) in [5.41, 5.74) is 2.43. The second-order valence-corrected chi connectivity index (χ2v) is 5.47. The highest BCUT2D eigenvalue weighted by atomic mass is 16.2. The lowest BCUT2D eigenvalue weighted by Crippen LogP contribution is -2.34. The highest BCUT2D eigenvalue weighted by molar-refractivity contribution is 5.85. The van der Waals surface area contributed by atoms with Gasteiger partial charge >= 0.3 is 0 Å². The van der Waals surface area contributed by atoms with Gasteiger partial charge in [0, 0.05) is 27.1 Å². The molecule has 0 heterocycles. The quantitative estimate of drug-likeness (QED) is 0.908. The molecule has 108 valence electrons. The molecule has 0 spiro atoms. The van der Waals surface area contributed by atoms with Crippen molar-refractivity contribution < 1.29 is 9.59 Å². The molecule has 4 heteroatoms. The standard InChI is InChI=1S/C16H22N2O2/c1-18(2)15(19)10-11-17-16(20)14-9-5-7-12-6-3-4-8-13(12)14/h3-4,6,8,14H,5,7,9-11H2,1-2H3,(H,17,20)/t14-/m1/s1. The Balaban J connectivity index is 1.92. The first-order chi connectivity index (χ1) is 9.59. The average Bonchev–Trinajstić information content (AvgIpc) is 2.46. The van der Waals surface area contributed by atoms with E-state index in [1.165, 1.54) is 5.56 Å². The highest BCUT2D eigenvalue weighted by Crippen LogP contribution is 2.31. The topological polar surface area (TPSA) is 49.4 Å². The molecule has 1 aliphatic carbocycles. The van der Waals surface area contributed by atoms with E-state index in [0.717, 1.165) is 24.8 Å². The van der Waals surface area contributed by atoms with Crippen molar-refractivity contribution in [2.45, 2.75) is 31.6 Å². The summed E-state index contributed by atoms with van der Waals surface area (Å²) in [6.45, 7) is 0.411. The van der Waals surface area contributed by atoms with Gasteiger partial charge in [-0.1, -0.05) is 24.3 Å². The Morgan fingerprint density at radius 2 is 2.05 bits per heavy atom. The molecule has 1 N–H and O–H groups in total. The summed E-state index contributed by atoms with van der Waals surface area (Å²) >= 11 is 0. The van der Waals surface area contributed by atoms with Crippen molar-refractivity contribution in [3.05, 3.63) is 35.4 Å². The molecule has 0 fully saturated rings. The number of aryl methyl sites for hydroxylation is 1. The summed E-state index contributed by atoms with van der Waals surface area (Å²) in [7, 11) is 3.45. The van der Waals surface area contributed by atoms with Gasteiger partial charge in [-0.25, -0.2) is 0 Å². The second-order valence-electron chi connectivity index (χ2n) is 5.47. The molecule has 2 amide bonds. The van der Waals surface area contributed by atoms with Gasteiger partial charge in [-0.05, 0) is 30.4 Å². The van der Waals surface area contributed by atoms with E-state index in [1.54, 1.807) is 19.0 Å². The van der Waals surface area contributed by atoms with Crippen molar-refractivity contribution in [3.8, 4) is 0 Å². The minimum atomic E-state index is -0.0607. The third-order valence-corrected chi connectivity index (χ3v) is 3.82. The van der Waals surface area contributed by atoms with E-state index in [1.807, 2.05) is 18.2 Å². The summed E-state index contributed by atoms with van der Waals surface area (Å²) < 4.78 is 0. The molecule has 0 aliphatic heterocycles. The molecule has 4 nitrogen and oxygen atoms in total. The molecule has 0 radical (unpaired) electrons. The van der Waals surface area contributed by atoms with Crippen LogP contribution in [0.25, 0.3) is 0 Å². The summed E-state index contributed by atoms with van der Waals surface area (Å²) in [5, 5.41) is 2.89. The number of benzene rings is 1. The molecule has 0 aromatic heterocycles. The monoisotopic (exact) mass is 274 g/mol. The van der Waals surface area contributed by atoms with Crippen molar-refractivity contribution in [1.29, 1.82) is 0 Å². The molecular formula is C16H22N2O2. The van der Waals surface area contributed by atoms with E-state index in [9.17, 15) is 9.59 Å². The van der Waals surface area contributed by atoms with Crippen molar-refractivity contribution >= 4 is 11.8 Å². The van der Waals surface area contributed by atoms with Gasteiger partial charge in [-0.2, -0.15) is 0 Å². The molecule has 1 aliphatic rings. The van der Waals surface area contributed by atoms with Gasteiger partial charge < -0.3 is 10.2 Å². The number of hydrogen-bond acceptors (Lipinski definition) is 2. The molecule has 1 atom stereocenters. The van der Waals surface area contributed by atoms with Crippen LogP contribution >= 0.6 is 0 Å². The highest BCUT2D eigenvalue weighted by Gasteiger charge is 2.25. The number of rotatable bonds is 4. The van der Waals surface area contributed by atoms with Gasteiger partial charge in [-0.3, -0.25) is 9.59 Å². The number of nitrogens with one attached hydrogen (secondary N) is 1. The fraction of sp³-hybridized carbons (Fsp3) is 0.500. The molecule has 1 aromatic carbocycles. The van der Waals surface area contributed by atoms with Gasteiger partial charge in [0.15, 0.2) is 0 Å². The smallest absolute Gasteiger partial charge is 0.227 e. The number of fused-ring (bicyclic) bond motifs is 1. The molecular weight excluding hydrogens is 252 g/mol. The first kappa shape index (κ1) is 14.6. The molecule has 0 saturated carbocycles. The van der Waals surface area contributed by atoms with Gasteiger partial charge in [0.25, 0.3) is 0 Å². The van der Waals surface area contributed by atoms with Crippen LogP contribution in [0.15, 0.2) is 24.3 Å². The van der Waals surface area contributed by atoms with Crippen LogP contribution < -0.4 is 5.32 Å². The van der Waals surface area contributed by atoms with Crippen molar-refractivity contribution in [1.82, 2.24) is 10.2 Å². The summed E-state index contributed by atoms with van der Waals surface area (Å²) in [5.74, 6) is 0.0208. The first-order valence-corrected chi connectivity index (χ1v) is 7.15. The van der Waals surface area contributed by atoms with Crippen LogP contribution in [-0.2, 0) is 16.0 Å². The number of amides is 2. The molecule has 2 rings (SSSR count). The SMILES string of the molecule is CN(C)C(=O)CCNC(=O)[C@@H]1CCCc2ccccc21. The summed E-state index contributed by atoms with van der Waals surface area (Å²) in [4.78, 5) is 25.3. The largest absolute Gasteiger partial charge is 0.355 e. The van der Waals surface area contributed by atoms with Gasteiger partial charge in [0.05, 0.1) is 5.92 Å². The zero-order valence-corrected chi connectivity index (χ0v) is 12.2. The van der Waals surface area contributed by atoms with E-state index in [-0.39, 0.29) is 17.7 Å². The predicted octanol–water partition coefficient (Wildman–Crippen LogP) is 1.70.